The monoisotopic (exact) mass is 242 g/mol. The van der Waals surface area contributed by atoms with Gasteiger partial charge in [-0.2, -0.15) is 0 Å². The van der Waals surface area contributed by atoms with Gasteiger partial charge in [-0.3, -0.25) is 9.69 Å². The number of hydrogen-bond acceptors (Lipinski definition) is 4. The first-order chi connectivity index (χ1) is 8.19. The van der Waals surface area contributed by atoms with Gasteiger partial charge < -0.3 is 10.1 Å². The van der Waals surface area contributed by atoms with Crippen molar-refractivity contribution in [3.8, 4) is 0 Å². The van der Waals surface area contributed by atoms with Crippen LogP contribution in [0, 0.1) is 0 Å². The maximum absolute atomic E-state index is 11.3. The number of methoxy groups -OCH3 is 1. The van der Waals surface area contributed by atoms with Crippen molar-refractivity contribution in [2.45, 2.75) is 51.6 Å². The minimum Gasteiger partial charge on any atom is -0.469 e. The van der Waals surface area contributed by atoms with Crippen molar-refractivity contribution in [1.82, 2.24) is 10.2 Å². The molecule has 0 bridgehead atoms. The SMILES string of the molecule is CCCN(C(C)CC(=O)OC)C1CCCNC1. The van der Waals surface area contributed by atoms with Crippen LogP contribution < -0.4 is 5.32 Å². The van der Waals surface area contributed by atoms with Gasteiger partial charge in [0.2, 0.25) is 0 Å². The second-order valence-electron chi connectivity index (χ2n) is 4.87. The molecule has 0 aromatic heterocycles. The van der Waals surface area contributed by atoms with E-state index in [1.54, 1.807) is 0 Å². The Bertz CT molecular complexity index is 227. The first-order valence-electron chi connectivity index (χ1n) is 6.72. The lowest BCUT2D eigenvalue weighted by molar-refractivity contribution is -0.142. The molecule has 17 heavy (non-hydrogen) atoms. The number of nitrogens with one attached hydrogen (secondary N) is 1. The van der Waals surface area contributed by atoms with Crippen LogP contribution in [-0.4, -0.2) is 49.7 Å². The van der Waals surface area contributed by atoms with Crippen LogP contribution in [-0.2, 0) is 9.53 Å². The van der Waals surface area contributed by atoms with Gasteiger partial charge in [0.1, 0.15) is 0 Å². The predicted molar refractivity (Wildman–Crippen MR) is 69.0 cm³/mol. The van der Waals surface area contributed by atoms with Crippen molar-refractivity contribution >= 4 is 5.97 Å². The summed E-state index contributed by atoms with van der Waals surface area (Å²) in [6.45, 7) is 7.55. The minimum absolute atomic E-state index is 0.109. The summed E-state index contributed by atoms with van der Waals surface area (Å²) in [5, 5.41) is 3.44. The Kier molecular flexibility index (Phi) is 6.52. The Morgan fingerprint density at radius 2 is 2.35 bits per heavy atom. The zero-order chi connectivity index (χ0) is 12.7. The van der Waals surface area contributed by atoms with Gasteiger partial charge in [0.15, 0.2) is 0 Å². The molecule has 1 rings (SSSR count). The van der Waals surface area contributed by atoms with Crippen LogP contribution in [0.15, 0.2) is 0 Å². The molecule has 0 radical (unpaired) electrons. The number of rotatable bonds is 6. The molecule has 1 heterocycles. The Hall–Kier alpha value is -0.610. The highest BCUT2D eigenvalue weighted by atomic mass is 16.5. The Balaban J connectivity index is 2.53. The maximum Gasteiger partial charge on any atom is 0.307 e. The van der Waals surface area contributed by atoms with E-state index in [0.29, 0.717) is 12.5 Å². The molecule has 0 amide bonds. The molecule has 1 aliphatic rings. The van der Waals surface area contributed by atoms with Crippen LogP contribution in [0.3, 0.4) is 0 Å². The van der Waals surface area contributed by atoms with E-state index < -0.39 is 0 Å². The van der Waals surface area contributed by atoms with Crippen molar-refractivity contribution in [2.24, 2.45) is 0 Å². The quantitative estimate of drug-likeness (QED) is 0.715. The minimum atomic E-state index is -0.109. The number of nitrogens with zero attached hydrogens (tertiary/aromatic N) is 1. The van der Waals surface area contributed by atoms with Crippen molar-refractivity contribution in [2.75, 3.05) is 26.7 Å². The van der Waals surface area contributed by atoms with Gasteiger partial charge in [-0.15, -0.1) is 0 Å². The fourth-order valence-electron chi connectivity index (χ4n) is 2.58. The van der Waals surface area contributed by atoms with Crippen LogP contribution >= 0.6 is 0 Å². The molecule has 1 N–H and O–H groups in total. The van der Waals surface area contributed by atoms with E-state index in [1.807, 2.05) is 0 Å². The summed E-state index contributed by atoms with van der Waals surface area (Å²) in [5.74, 6) is -0.109. The van der Waals surface area contributed by atoms with Crippen molar-refractivity contribution in [3.05, 3.63) is 0 Å². The molecular formula is C13H26N2O2. The highest BCUT2D eigenvalue weighted by molar-refractivity contribution is 5.69. The lowest BCUT2D eigenvalue weighted by atomic mass is 10.0. The lowest BCUT2D eigenvalue weighted by Gasteiger charge is -2.38. The van der Waals surface area contributed by atoms with Gasteiger partial charge in [-0.05, 0) is 39.3 Å². The number of carbonyl (C=O) groups is 1. The molecule has 0 saturated carbocycles. The average Bonchev–Trinajstić information content (AvgIpc) is 2.36. The normalized spacial score (nSPS) is 22.5. The van der Waals surface area contributed by atoms with Gasteiger partial charge in [0, 0.05) is 18.6 Å². The summed E-state index contributed by atoms with van der Waals surface area (Å²) in [6, 6.07) is 0.843. The van der Waals surface area contributed by atoms with Gasteiger partial charge in [0.05, 0.1) is 13.5 Å². The van der Waals surface area contributed by atoms with E-state index in [-0.39, 0.29) is 12.0 Å². The molecule has 0 aromatic carbocycles. The molecule has 100 valence electrons. The molecule has 2 unspecified atom stereocenters. The highest BCUT2D eigenvalue weighted by Gasteiger charge is 2.25. The fourth-order valence-corrected chi connectivity index (χ4v) is 2.58. The number of carbonyl (C=O) groups excluding carboxylic acids is 1. The number of ether oxygens (including phenoxy) is 1. The number of esters is 1. The van der Waals surface area contributed by atoms with Crippen molar-refractivity contribution < 1.29 is 9.53 Å². The molecule has 1 fully saturated rings. The van der Waals surface area contributed by atoms with Crippen LogP contribution in [0.1, 0.15) is 39.5 Å². The van der Waals surface area contributed by atoms with Crippen molar-refractivity contribution in [1.29, 1.82) is 0 Å². The molecule has 0 spiro atoms. The standard InChI is InChI=1S/C13H26N2O2/c1-4-8-15(11(2)9-13(16)17-3)12-6-5-7-14-10-12/h11-12,14H,4-10H2,1-3H3. The smallest absolute Gasteiger partial charge is 0.307 e. The van der Waals surface area contributed by atoms with Crippen LogP contribution in [0.4, 0.5) is 0 Å². The van der Waals surface area contributed by atoms with Crippen LogP contribution in [0.5, 0.6) is 0 Å². The largest absolute Gasteiger partial charge is 0.469 e. The summed E-state index contributed by atoms with van der Waals surface area (Å²) < 4.78 is 4.76. The Morgan fingerprint density at radius 1 is 1.59 bits per heavy atom. The van der Waals surface area contributed by atoms with Gasteiger partial charge >= 0.3 is 5.97 Å². The second-order valence-corrected chi connectivity index (χ2v) is 4.87. The Morgan fingerprint density at radius 3 is 2.88 bits per heavy atom. The molecule has 2 atom stereocenters. The van der Waals surface area contributed by atoms with E-state index in [9.17, 15) is 4.79 Å². The van der Waals surface area contributed by atoms with E-state index in [2.05, 4.69) is 24.1 Å². The summed E-state index contributed by atoms with van der Waals surface area (Å²) in [6.07, 6.45) is 4.09. The lowest BCUT2D eigenvalue weighted by Crippen LogP contribution is -2.50. The molecule has 1 saturated heterocycles. The number of hydrogen-bond donors (Lipinski definition) is 1. The fraction of sp³-hybridized carbons (Fsp3) is 0.923. The third kappa shape index (κ3) is 4.64. The summed E-state index contributed by atoms with van der Waals surface area (Å²) in [4.78, 5) is 13.8. The topological polar surface area (TPSA) is 41.6 Å². The summed E-state index contributed by atoms with van der Waals surface area (Å²) >= 11 is 0. The molecule has 0 aliphatic carbocycles. The first kappa shape index (κ1) is 14.5. The van der Waals surface area contributed by atoms with E-state index in [1.165, 1.54) is 20.0 Å². The van der Waals surface area contributed by atoms with E-state index in [4.69, 9.17) is 4.74 Å². The highest BCUT2D eigenvalue weighted by Crippen LogP contribution is 2.16. The number of piperidine rings is 1. The van der Waals surface area contributed by atoms with Crippen LogP contribution in [0.25, 0.3) is 0 Å². The van der Waals surface area contributed by atoms with Gasteiger partial charge in [-0.25, -0.2) is 0 Å². The third-order valence-electron chi connectivity index (χ3n) is 3.48. The molecule has 4 nitrogen and oxygen atoms in total. The zero-order valence-electron chi connectivity index (χ0n) is 11.4. The first-order valence-corrected chi connectivity index (χ1v) is 6.72. The van der Waals surface area contributed by atoms with E-state index >= 15 is 0 Å². The van der Waals surface area contributed by atoms with Gasteiger partial charge in [0.25, 0.3) is 0 Å². The zero-order valence-corrected chi connectivity index (χ0v) is 11.4. The molecule has 1 aliphatic heterocycles. The van der Waals surface area contributed by atoms with Crippen molar-refractivity contribution in [3.63, 3.8) is 0 Å². The average molecular weight is 242 g/mol. The third-order valence-corrected chi connectivity index (χ3v) is 3.48. The summed E-state index contributed by atoms with van der Waals surface area (Å²) in [5.41, 5.74) is 0. The summed E-state index contributed by atoms with van der Waals surface area (Å²) in [7, 11) is 1.46. The predicted octanol–water partition coefficient (Wildman–Crippen LogP) is 1.40. The molecule has 0 aromatic rings. The van der Waals surface area contributed by atoms with Gasteiger partial charge in [-0.1, -0.05) is 6.92 Å². The molecule has 4 heteroatoms. The Labute approximate surface area is 105 Å². The second kappa shape index (κ2) is 7.67. The van der Waals surface area contributed by atoms with Crippen LogP contribution in [0.2, 0.25) is 0 Å². The maximum atomic E-state index is 11.3. The van der Waals surface area contributed by atoms with E-state index in [0.717, 1.165) is 26.1 Å². The molecular weight excluding hydrogens is 216 g/mol.